The van der Waals surface area contributed by atoms with Gasteiger partial charge >= 0.3 is 0 Å². The third-order valence-corrected chi connectivity index (χ3v) is 6.44. The molecular formula is C24H17ClFN3O3S. The summed E-state index contributed by atoms with van der Waals surface area (Å²) in [7, 11) is 0. The molecule has 1 N–H and O–H groups in total. The minimum atomic E-state index is -0.636. The second-order valence-corrected chi connectivity index (χ2v) is 8.77. The molecular weight excluding hydrogens is 465 g/mol. The molecule has 1 aromatic heterocycles. The second kappa shape index (κ2) is 9.94. The molecule has 9 heteroatoms. The van der Waals surface area contributed by atoms with Crippen molar-refractivity contribution in [3.8, 4) is 6.07 Å². The molecule has 1 aliphatic heterocycles. The Morgan fingerprint density at radius 1 is 1.18 bits per heavy atom. The molecule has 0 spiro atoms. The van der Waals surface area contributed by atoms with E-state index < -0.39 is 17.0 Å². The normalized spacial score (nSPS) is 17.1. The largest absolute Gasteiger partial charge is 0.467 e. The minimum absolute atomic E-state index is 0.0909. The number of carbonyl (C=O) groups is 2. The van der Waals surface area contributed by atoms with Gasteiger partial charge in [-0.3, -0.25) is 14.5 Å². The average Bonchev–Trinajstić information content (AvgIpc) is 3.44. The summed E-state index contributed by atoms with van der Waals surface area (Å²) in [6.07, 6.45) is 1.85. The molecule has 2 heterocycles. The average molecular weight is 482 g/mol. The van der Waals surface area contributed by atoms with Gasteiger partial charge in [-0.1, -0.05) is 35.5 Å². The zero-order valence-corrected chi connectivity index (χ0v) is 18.7. The van der Waals surface area contributed by atoms with Crippen LogP contribution in [0.4, 0.5) is 10.1 Å². The van der Waals surface area contributed by atoms with Gasteiger partial charge in [-0.25, -0.2) is 4.39 Å². The maximum absolute atomic E-state index is 13.5. The van der Waals surface area contributed by atoms with Crippen LogP contribution in [0.3, 0.4) is 0 Å². The Labute approximate surface area is 198 Å². The number of hydrogen-bond donors (Lipinski definition) is 1. The summed E-state index contributed by atoms with van der Waals surface area (Å²) in [4.78, 5) is 27.5. The molecule has 33 heavy (non-hydrogen) atoms. The molecule has 1 unspecified atom stereocenters. The highest BCUT2D eigenvalue weighted by Crippen LogP contribution is 2.42. The number of halogens is 2. The fourth-order valence-corrected chi connectivity index (χ4v) is 4.75. The maximum atomic E-state index is 13.5. The number of carbonyl (C=O) groups excluding carboxylic acids is 2. The van der Waals surface area contributed by atoms with Crippen LogP contribution in [-0.2, 0) is 22.6 Å². The van der Waals surface area contributed by atoms with Gasteiger partial charge in [-0.15, -0.1) is 0 Å². The number of amides is 2. The number of rotatable bonds is 6. The van der Waals surface area contributed by atoms with E-state index in [-0.39, 0.29) is 23.1 Å². The van der Waals surface area contributed by atoms with Crippen molar-refractivity contribution in [2.45, 2.75) is 18.2 Å². The SMILES string of the molecule is N#CC(C(=O)NCc1ccco1)=C1SC(Cc2ccc(Cl)cc2)C(=O)N1c1ccc(F)cc1. The van der Waals surface area contributed by atoms with Crippen LogP contribution in [0.15, 0.2) is 81.9 Å². The summed E-state index contributed by atoms with van der Waals surface area (Å²) in [5.74, 6) is -0.874. The van der Waals surface area contributed by atoms with Gasteiger partial charge in [0.15, 0.2) is 0 Å². The molecule has 1 fully saturated rings. The van der Waals surface area contributed by atoms with E-state index in [4.69, 9.17) is 16.0 Å². The number of anilines is 1. The van der Waals surface area contributed by atoms with Crippen LogP contribution >= 0.6 is 23.4 Å². The van der Waals surface area contributed by atoms with Crippen molar-refractivity contribution < 1.29 is 18.4 Å². The van der Waals surface area contributed by atoms with Crippen molar-refractivity contribution in [2.75, 3.05) is 4.90 Å². The predicted octanol–water partition coefficient (Wildman–Crippen LogP) is 4.81. The van der Waals surface area contributed by atoms with Crippen molar-refractivity contribution in [3.05, 3.63) is 99.7 Å². The van der Waals surface area contributed by atoms with Crippen molar-refractivity contribution in [1.82, 2.24) is 5.32 Å². The summed E-state index contributed by atoms with van der Waals surface area (Å²) in [5.41, 5.74) is 1.04. The van der Waals surface area contributed by atoms with Gasteiger partial charge in [0.2, 0.25) is 5.91 Å². The van der Waals surface area contributed by atoms with Crippen molar-refractivity contribution in [1.29, 1.82) is 5.26 Å². The first-order valence-electron chi connectivity index (χ1n) is 9.92. The van der Waals surface area contributed by atoms with Gasteiger partial charge < -0.3 is 9.73 Å². The topological polar surface area (TPSA) is 86.3 Å². The number of nitrogens with zero attached hydrogens (tertiary/aromatic N) is 2. The first kappa shape index (κ1) is 22.6. The molecule has 1 saturated heterocycles. The number of furan rings is 1. The second-order valence-electron chi connectivity index (χ2n) is 7.14. The van der Waals surface area contributed by atoms with E-state index in [9.17, 15) is 19.2 Å². The van der Waals surface area contributed by atoms with Crippen LogP contribution in [0.2, 0.25) is 5.02 Å². The van der Waals surface area contributed by atoms with Gasteiger partial charge in [0.05, 0.1) is 18.1 Å². The van der Waals surface area contributed by atoms with Gasteiger partial charge in [0.1, 0.15) is 28.2 Å². The zero-order chi connectivity index (χ0) is 23.4. The van der Waals surface area contributed by atoms with Gasteiger partial charge in [-0.05, 0) is 60.5 Å². The van der Waals surface area contributed by atoms with Crippen LogP contribution in [-0.4, -0.2) is 17.1 Å². The number of thioether (sulfide) groups is 1. The first-order chi connectivity index (χ1) is 16.0. The zero-order valence-electron chi connectivity index (χ0n) is 17.1. The lowest BCUT2D eigenvalue weighted by Gasteiger charge is -2.18. The summed E-state index contributed by atoms with van der Waals surface area (Å²) in [6.45, 7) is 0.0909. The molecule has 6 nitrogen and oxygen atoms in total. The Kier molecular flexibility index (Phi) is 6.82. The van der Waals surface area contributed by atoms with Crippen molar-refractivity contribution >= 4 is 40.9 Å². The van der Waals surface area contributed by atoms with Gasteiger partial charge in [0.25, 0.3) is 5.91 Å². The first-order valence-corrected chi connectivity index (χ1v) is 11.2. The van der Waals surface area contributed by atoms with Crippen LogP contribution in [0.5, 0.6) is 0 Å². The molecule has 3 aromatic rings. The van der Waals surface area contributed by atoms with Gasteiger partial charge in [0, 0.05) is 10.7 Å². The molecule has 1 aliphatic rings. The van der Waals surface area contributed by atoms with Gasteiger partial charge in [-0.2, -0.15) is 5.26 Å². The minimum Gasteiger partial charge on any atom is -0.467 e. The van der Waals surface area contributed by atoms with E-state index >= 15 is 0 Å². The Balaban J connectivity index is 1.67. The van der Waals surface area contributed by atoms with E-state index in [1.807, 2.05) is 18.2 Å². The maximum Gasteiger partial charge on any atom is 0.265 e. The fraction of sp³-hybridized carbons (Fsp3) is 0.125. The number of nitriles is 1. The molecule has 0 aliphatic carbocycles. The lowest BCUT2D eigenvalue weighted by molar-refractivity contribution is -0.117. The molecule has 4 rings (SSSR count). The highest BCUT2D eigenvalue weighted by molar-refractivity contribution is 8.05. The Hall–Kier alpha value is -3.54. The summed E-state index contributed by atoms with van der Waals surface area (Å²) >= 11 is 7.08. The molecule has 2 aromatic carbocycles. The van der Waals surface area contributed by atoms with E-state index in [1.54, 1.807) is 24.3 Å². The third kappa shape index (κ3) is 5.11. The monoisotopic (exact) mass is 481 g/mol. The van der Waals surface area contributed by atoms with Crippen LogP contribution < -0.4 is 10.2 Å². The highest BCUT2D eigenvalue weighted by atomic mass is 35.5. The summed E-state index contributed by atoms with van der Waals surface area (Å²) in [6, 6.07) is 17.7. The molecule has 0 saturated carbocycles. The van der Waals surface area contributed by atoms with E-state index in [2.05, 4.69) is 5.32 Å². The number of nitrogens with one attached hydrogen (secondary N) is 1. The molecule has 0 bridgehead atoms. The molecule has 2 amide bonds. The summed E-state index contributed by atoms with van der Waals surface area (Å²) in [5, 5.41) is 12.6. The Morgan fingerprint density at radius 3 is 2.55 bits per heavy atom. The predicted molar refractivity (Wildman–Crippen MR) is 124 cm³/mol. The molecule has 0 radical (unpaired) electrons. The lowest BCUT2D eigenvalue weighted by atomic mass is 10.1. The van der Waals surface area contributed by atoms with Crippen LogP contribution in [0, 0.1) is 17.1 Å². The molecule has 166 valence electrons. The van der Waals surface area contributed by atoms with Crippen molar-refractivity contribution in [3.63, 3.8) is 0 Å². The third-order valence-electron chi connectivity index (χ3n) is 4.93. The van der Waals surface area contributed by atoms with E-state index in [1.165, 1.54) is 35.4 Å². The fourth-order valence-electron chi connectivity index (χ4n) is 3.32. The van der Waals surface area contributed by atoms with Crippen LogP contribution in [0.1, 0.15) is 11.3 Å². The quantitative estimate of drug-likeness (QED) is 0.403. The van der Waals surface area contributed by atoms with E-state index in [0.717, 1.165) is 17.3 Å². The molecule has 1 atom stereocenters. The number of benzene rings is 2. The van der Waals surface area contributed by atoms with E-state index in [0.29, 0.717) is 22.9 Å². The Morgan fingerprint density at radius 2 is 1.91 bits per heavy atom. The summed E-state index contributed by atoms with van der Waals surface area (Å²) < 4.78 is 18.7. The smallest absolute Gasteiger partial charge is 0.265 e. The lowest BCUT2D eigenvalue weighted by Crippen LogP contribution is -2.32. The standard InChI is InChI=1S/C24H17ClFN3O3S/c25-16-5-3-15(4-6-16)12-21-23(31)29(18-9-7-17(26)8-10-18)24(33-21)20(13-27)22(30)28-14-19-2-1-11-32-19/h1-11,21H,12,14H2,(H,28,30). The van der Waals surface area contributed by atoms with Crippen LogP contribution in [0.25, 0.3) is 0 Å². The number of hydrogen-bond acceptors (Lipinski definition) is 5. The Bertz CT molecular complexity index is 1240. The highest BCUT2D eigenvalue weighted by Gasteiger charge is 2.40. The van der Waals surface area contributed by atoms with Crippen molar-refractivity contribution in [2.24, 2.45) is 0 Å².